The number of hydrogen-bond donors (Lipinski definition) is 2. The number of piperidine rings is 1. The molecular formula is C14H27N3O. The van der Waals surface area contributed by atoms with E-state index in [0.717, 1.165) is 38.8 Å². The molecule has 4 heteroatoms. The molecule has 0 bridgehead atoms. The van der Waals surface area contributed by atoms with E-state index in [1.165, 1.54) is 19.3 Å². The fourth-order valence-electron chi connectivity index (χ4n) is 3.13. The van der Waals surface area contributed by atoms with Crippen molar-refractivity contribution in [1.82, 2.24) is 10.2 Å². The Labute approximate surface area is 110 Å². The molecule has 1 unspecified atom stereocenters. The molecule has 0 aromatic carbocycles. The average Bonchev–Trinajstić information content (AvgIpc) is 2.39. The first-order valence-corrected chi connectivity index (χ1v) is 7.47. The zero-order valence-electron chi connectivity index (χ0n) is 11.5. The Morgan fingerprint density at radius 1 is 1.22 bits per heavy atom. The standard InChI is InChI=1S/C14H27N3O/c1-11(17-9-5-6-12(15)10-17)14(18)16-13-7-3-2-4-8-13/h11-13H,2-10,15H2,1H3,(H,16,18)/t11?,12-/m1/s1. The maximum Gasteiger partial charge on any atom is 0.237 e. The van der Waals surface area contributed by atoms with Crippen LogP contribution in [0, 0.1) is 0 Å². The van der Waals surface area contributed by atoms with Gasteiger partial charge in [0.1, 0.15) is 0 Å². The first kappa shape index (κ1) is 13.8. The number of hydrogen-bond acceptors (Lipinski definition) is 3. The van der Waals surface area contributed by atoms with Crippen molar-refractivity contribution in [2.45, 2.75) is 70.0 Å². The van der Waals surface area contributed by atoms with Gasteiger partial charge in [-0.3, -0.25) is 9.69 Å². The van der Waals surface area contributed by atoms with Gasteiger partial charge >= 0.3 is 0 Å². The molecule has 0 spiro atoms. The summed E-state index contributed by atoms with van der Waals surface area (Å²) in [5, 5.41) is 3.21. The van der Waals surface area contributed by atoms with Gasteiger partial charge in [0.2, 0.25) is 5.91 Å². The van der Waals surface area contributed by atoms with Gasteiger partial charge in [0, 0.05) is 18.6 Å². The molecule has 104 valence electrons. The SMILES string of the molecule is CC(C(=O)NC1CCCCC1)N1CCC[C@@H](N)C1. The largest absolute Gasteiger partial charge is 0.352 e. The second-order valence-corrected chi connectivity index (χ2v) is 5.92. The van der Waals surface area contributed by atoms with Crippen LogP contribution in [-0.4, -0.2) is 42.0 Å². The Bertz CT molecular complexity index is 276. The highest BCUT2D eigenvalue weighted by Gasteiger charge is 2.27. The number of nitrogens with two attached hydrogens (primary N) is 1. The molecule has 4 nitrogen and oxygen atoms in total. The topological polar surface area (TPSA) is 58.4 Å². The smallest absolute Gasteiger partial charge is 0.237 e. The highest BCUT2D eigenvalue weighted by atomic mass is 16.2. The molecule has 2 aliphatic rings. The van der Waals surface area contributed by atoms with Crippen LogP contribution >= 0.6 is 0 Å². The van der Waals surface area contributed by atoms with Gasteiger partial charge in [0.25, 0.3) is 0 Å². The van der Waals surface area contributed by atoms with Gasteiger partial charge in [0.15, 0.2) is 0 Å². The normalized spacial score (nSPS) is 28.9. The number of nitrogens with one attached hydrogen (secondary N) is 1. The number of amides is 1. The minimum absolute atomic E-state index is 0.0294. The third kappa shape index (κ3) is 3.69. The van der Waals surface area contributed by atoms with Gasteiger partial charge in [-0.25, -0.2) is 0 Å². The predicted molar refractivity (Wildman–Crippen MR) is 73.3 cm³/mol. The summed E-state index contributed by atoms with van der Waals surface area (Å²) in [5.41, 5.74) is 5.97. The zero-order chi connectivity index (χ0) is 13.0. The lowest BCUT2D eigenvalue weighted by Gasteiger charge is -2.35. The summed E-state index contributed by atoms with van der Waals surface area (Å²) in [5.74, 6) is 0.191. The monoisotopic (exact) mass is 253 g/mol. The van der Waals surface area contributed by atoms with Crippen molar-refractivity contribution in [1.29, 1.82) is 0 Å². The highest BCUT2D eigenvalue weighted by molar-refractivity contribution is 5.81. The molecule has 1 heterocycles. The first-order chi connectivity index (χ1) is 8.66. The molecule has 0 aromatic rings. The van der Waals surface area contributed by atoms with Gasteiger partial charge in [-0.2, -0.15) is 0 Å². The Hall–Kier alpha value is -0.610. The van der Waals surface area contributed by atoms with Gasteiger partial charge in [-0.15, -0.1) is 0 Å². The van der Waals surface area contributed by atoms with Crippen LogP contribution in [0.25, 0.3) is 0 Å². The highest BCUT2D eigenvalue weighted by Crippen LogP contribution is 2.18. The van der Waals surface area contributed by atoms with E-state index in [-0.39, 0.29) is 18.0 Å². The number of nitrogens with zero attached hydrogens (tertiary/aromatic N) is 1. The van der Waals surface area contributed by atoms with Crippen LogP contribution in [0.5, 0.6) is 0 Å². The number of rotatable bonds is 3. The number of likely N-dealkylation sites (tertiary alicyclic amines) is 1. The fourth-order valence-corrected chi connectivity index (χ4v) is 3.13. The molecule has 1 aliphatic carbocycles. The van der Waals surface area contributed by atoms with E-state index in [1.54, 1.807) is 0 Å². The molecule has 2 atom stereocenters. The van der Waals surface area contributed by atoms with E-state index in [1.807, 2.05) is 6.92 Å². The van der Waals surface area contributed by atoms with Crippen LogP contribution in [0.1, 0.15) is 51.9 Å². The van der Waals surface area contributed by atoms with Crippen LogP contribution in [0.2, 0.25) is 0 Å². The second-order valence-electron chi connectivity index (χ2n) is 5.92. The van der Waals surface area contributed by atoms with E-state index in [4.69, 9.17) is 5.73 Å². The Kier molecular flexibility index (Phi) is 5.01. The van der Waals surface area contributed by atoms with Crippen LogP contribution in [0.4, 0.5) is 0 Å². The van der Waals surface area contributed by atoms with E-state index in [9.17, 15) is 4.79 Å². The average molecular weight is 253 g/mol. The third-order valence-electron chi connectivity index (χ3n) is 4.37. The van der Waals surface area contributed by atoms with E-state index in [0.29, 0.717) is 6.04 Å². The van der Waals surface area contributed by atoms with Crippen molar-refractivity contribution in [2.24, 2.45) is 5.73 Å². The molecule has 2 fully saturated rings. The van der Waals surface area contributed by atoms with Gasteiger partial charge in [0.05, 0.1) is 6.04 Å². The van der Waals surface area contributed by atoms with Crippen molar-refractivity contribution in [3.8, 4) is 0 Å². The summed E-state index contributed by atoms with van der Waals surface area (Å²) in [4.78, 5) is 14.5. The summed E-state index contributed by atoms with van der Waals surface area (Å²) in [6, 6.07) is 0.620. The fraction of sp³-hybridized carbons (Fsp3) is 0.929. The first-order valence-electron chi connectivity index (χ1n) is 7.47. The van der Waals surface area contributed by atoms with Crippen LogP contribution in [-0.2, 0) is 4.79 Å². The summed E-state index contributed by atoms with van der Waals surface area (Å²) >= 11 is 0. The molecular weight excluding hydrogens is 226 g/mol. The van der Waals surface area contributed by atoms with Crippen molar-refractivity contribution < 1.29 is 4.79 Å². The molecule has 3 N–H and O–H groups in total. The summed E-state index contributed by atoms with van der Waals surface area (Å²) in [7, 11) is 0. The van der Waals surface area contributed by atoms with Crippen LogP contribution in [0.15, 0.2) is 0 Å². The Morgan fingerprint density at radius 2 is 1.94 bits per heavy atom. The van der Waals surface area contributed by atoms with E-state index in [2.05, 4.69) is 10.2 Å². The predicted octanol–water partition coefficient (Wildman–Crippen LogP) is 1.25. The van der Waals surface area contributed by atoms with Gasteiger partial charge < -0.3 is 11.1 Å². The summed E-state index contributed by atoms with van der Waals surface area (Å²) in [6.07, 6.45) is 8.34. The molecule has 0 radical (unpaired) electrons. The molecule has 1 amide bonds. The molecule has 18 heavy (non-hydrogen) atoms. The van der Waals surface area contributed by atoms with Gasteiger partial charge in [-0.05, 0) is 39.2 Å². The van der Waals surface area contributed by atoms with E-state index >= 15 is 0 Å². The minimum Gasteiger partial charge on any atom is -0.352 e. The summed E-state index contributed by atoms with van der Waals surface area (Å²) in [6.45, 7) is 3.88. The van der Waals surface area contributed by atoms with Crippen molar-refractivity contribution in [2.75, 3.05) is 13.1 Å². The van der Waals surface area contributed by atoms with Crippen LogP contribution < -0.4 is 11.1 Å². The molecule has 0 aromatic heterocycles. The van der Waals surface area contributed by atoms with Crippen molar-refractivity contribution in [3.05, 3.63) is 0 Å². The maximum absolute atomic E-state index is 12.2. The zero-order valence-corrected chi connectivity index (χ0v) is 11.5. The van der Waals surface area contributed by atoms with Crippen molar-refractivity contribution in [3.63, 3.8) is 0 Å². The third-order valence-corrected chi connectivity index (χ3v) is 4.37. The van der Waals surface area contributed by atoms with Crippen LogP contribution in [0.3, 0.4) is 0 Å². The van der Waals surface area contributed by atoms with Crippen molar-refractivity contribution >= 4 is 5.91 Å². The lowest BCUT2D eigenvalue weighted by atomic mass is 9.95. The lowest BCUT2D eigenvalue weighted by Crippen LogP contribution is -2.53. The molecule has 1 saturated heterocycles. The molecule has 1 aliphatic heterocycles. The Morgan fingerprint density at radius 3 is 2.61 bits per heavy atom. The van der Waals surface area contributed by atoms with E-state index < -0.39 is 0 Å². The number of carbonyl (C=O) groups excluding carboxylic acids is 1. The lowest BCUT2D eigenvalue weighted by molar-refractivity contribution is -0.127. The summed E-state index contributed by atoms with van der Waals surface area (Å²) < 4.78 is 0. The Balaban J connectivity index is 1.79. The minimum atomic E-state index is -0.0294. The second kappa shape index (κ2) is 6.53. The number of carbonyl (C=O) groups is 1. The maximum atomic E-state index is 12.2. The molecule has 2 rings (SSSR count). The quantitative estimate of drug-likeness (QED) is 0.796. The molecule has 1 saturated carbocycles. The van der Waals surface area contributed by atoms with Gasteiger partial charge in [-0.1, -0.05) is 19.3 Å².